The van der Waals surface area contributed by atoms with E-state index in [0.717, 1.165) is 0 Å². The van der Waals surface area contributed by atoms with Crippen LogP contribution in [-0.2, 0) is 38.1 Å². The molecule has 1 aliphatic rings. The van der Waals surface area contributed by atoms with E-state index in [0.29, 0.717) is 5.76 Å². The maximum Gasteiger partial charge on any atom is 0.303 e. The molecule has 24 heavy (non-hydrogen) atoms. The van der Waals surface area contributed by atoms with E-state index < -0.39 is 48.7 Å². The first-order valence-corrected chi connectivity index (χ1v) is 7.27. The summed E-state index contributed by atoms with van der Waals surface area (Å²) in [5, 5.41) is 2.58. The average Bonchev–Trinajstić information content (AvgIpc) is 2.42. The van der Waals surface area contributed by atoms with Crippen molar-refractivity contribution in [3.05, 3.63) is 12.3 Å². The monoisotopic (exact) mass is 345 g/mol. The topological polar surface area (TPSA) is 109 Å². The Kier molecular flexibility index (Phi) is 7.18. The van der Waals surface area contributed by atoms with E-state index >= 15 is 0 Å². The van der Waals surface area contributed by atoms with Gasteiger partial charge in [0.25, 0.3) is 0 Å². The Morgan fingerprint density at radius 1 is 0.917 bits per heavy atom. The standard InChI is InChI=1S/C15H23NO8/c1-7(2)21-15-13(23-10(5)19)12(22-9(4)18)11(16-8(3)17)14(20-6)24-15/h11-15H,1H2,2-6H3,(H,16,17)/t11-,12-,13-,14-,15+/m1/s1. The number of hydrogen-bond donors (Lipinski definition) is 1. The number of amides is 1. The molecule has 1 rings (SSSR count). The van der Waals surface area contributed by atoms with E-state index in [1.807, 2.05) is 0 Å². The number of carbonyl (C=O) groups excluding carboxylic acids is 3. The van der Waals surface area contributed by atoms with Crippen LogP contribution in [0.25, 0.3) is 0 Å². The van der Waals surface area contributed by atoms with Crippen molar-refractivity contribution in [1.82, 2.24) is 5.32 Å². The fraction of sp³-hybridized carbons (Fsp3) is 0.667. The van der Waals surface area contributed by atoms with E-state index in [1.165, 1.54) is 27.9 Å². The van der Waals surface area contributed by atoms with Crippen molar-refractivity contribution in [3.63, 3.8) is 0 Å². The molecule has 1 saturated heterocycles. The minimum absolute atomic E-state index is 0.298. The molecular weight excluding hydrogens is 322 g/mol. The van der Waals surface area contributed by atoms with Gasteiger partial charge >= 0.3 is 11.9 Å². The van der Waals surface area contributed by atoms with Crippen LogP contribution >= 0.6 is 0 Å². The van der Waals surface area contributed by atoms with Crippen LogP contribution in [0.2, 0.25) is 0 Å². The first-order chi connectivity index (χ1) is 11.1. The molecule has 0 saturated carbocycles. The predicted octanol–water partition coefficient (Wildman–Crippen LogP) is 0.234. The number of methoxy groups -OCH3 is 1. The van der Waals surface area contributed by atoms with Gasteiger partial charge in [-0.15, -0.1) is 0 Å². The zero-order chi connectivity index (χ0) is 18.4. The number of nitrogens with one attached hydrogen (secondary N) is 1. The van der Waals surface area contributed by atoms with Crippen LogP contribution in [0.4, 0.5) is 0 Å². The summed E-state index contributed by atoms with van der Waals surface area (Å²) in [7, 11) is 1.36. The van der Waals surface area contributed by atoms with Gasteiger partial charge in [0.05, 0.1) is 5.76 Å². The van der Waals surface area contributed by atoms with Crippen molar-refractivity contribution in [1.29, 1.82) is 0 Å². The fourth-order valence-corrected chi connectivity index (χ4v) is 2.33. The van der Waals surface area contributed by atoms with Crippen LogP contribution < -0.4 is 5.32 Å². The van der Waals surface area contributed by atoms with E-state index in [4.69, 9.17) is 23.7 Å². The van der Waals surface area contributed by atoms with Gasteiger partial charge in [0, 0.05) is 27.9 Å². The van der Waals surface area contributed by atoms with Crippen molar-refractivity contribution in [3.8, 4) is 0 Å². The molecule has 9 nitrogen and oxygen atoms in total. The summed E-state index contributed by atoms with van der Waals surface area (Å²) in [4.78, 5) is 34.4. The van der Waals surface area contributed by atoms with Crippen molar-refractivity contribution in [2.75, 3.05) is 7.11 Å². The molecule has 9 heteroatoms. The fourth-order valence-electron chi connectivity index (χ4n) is 2.33. The van der Waals surface area contributed by atoms with Crippen LogP contribution in [-0.4, -0.2) is 55.8 Å². The summed E-state index contributed by atoms with van der Waals surface area (Å²) in [5.41, 5.74) is 0. The van der Waals surface area contributed by atoms with Gasteiger partial charge in [0.1, 0.15) is 6.04 Å². The predicted molar refractivity (Wildman–Crippen MR) is 80.3 cm³/mol. The third kappa shape index (κ3) is 5.50. The summed E-state index contributed by atoms with van der Waals surface area (Å²) in [6, 6.07) is -0.897. The lowest BCUT2D eigenvalue weighted by Crippen LogP contribution is -2.66. The Balaban J connectivity index is 3.23. The van der Waals surface area contributed by atoms with Gasteiger partial charge in [0.15, 0.2) is 12.4 Å². The van der Waals surface area contributed by atoms with Crippen LogP contribution in [0.1, 0.15) is 27.7 Å². The minimum Gasteiger partial charge on any atom is -0.466 e. The molecule has 1 fully saturated rings. The normalized spacial score (nSPS) is 29.3. The molecule has 0 aliphatic carbocycles. The van der Waals surface area contributed by atoms with Crippen LogP contribution in [0.3, 0.4) is 0 Å². The summed E-state index contributed by atoms with van der Waals surface area (Å²) >= 11 is 0. The van der Waals surface area contributed by atoms with E-state index in [-0.39, 0.29) is 0 Å². The quantitative estimate of drug-likeness (QED) is 0.538. The molecule has 0 spiro atoms. The van der Waals surface area contributed by atoms with Gasteiger partial charge in [-0.2, -0.15) is 0 Å². The van der Waals surface area contributed by atoms with Crippen molar-refractivity contribution in [2.24, 2.45) is 0 Å². The first-order valence-electron chi connectivity index (χ1n) is 7.27. The average molecular weight is 345 g/mol. The lowest BCUT2D eigenvalue weighted by atomic mass is 10.00. The maximum atomic E-state index is 11.5. The van der Waals surface area contributed by atoms with Crippen molar-refractivity contribution < 1.29 is 38.1 Å². The number of hydrogen-bond acceptors (Lipinski definition) is 8. The van der Waals surface area contributed by atoms with Crippen molar-refractivity contribution >= 4 is 17.8 Å². The molecule has 0 bridgehead atoms. The minimum atomic E-state index is -1.12. The summed E-state index contributed by atoms with van der Waals surface area (Å²) in [6.45, 7) is 8.86. The van der Waals surface area contributed by atoms with Crippen LogP contribution in [0.5, 0.6) is 0 Å². The number of rotatable bonds is 6. The zero-order valence-electron chi connectivity index (χ0n) is 14.4. The van der Waals surface area contributed by atoms with Gasteiger partial charge in [-0.25, -0.2) is 0 Å². The van der Waals surface area contributed by atoms with Gasteiger partial charge in [-0.3, -0.25) is 14.4 Å². The third-order valence-electron chi connectivity index (χ3n) is 3.03. The van der Waals surface area contributed by atoms with E-state index in [9.17, 15) is 14.4 Å². The largest absolute Gasteiger partial charge is 0.466 e. The van der Waals surface area contributed by atoms with Crippen molar-refractivity contribution in [2.45, 2.75) is 58.5 Å². The Labute approximate surface area is 140 Å². The summed E-state index contributed by atoms with van der Waals surface area (Å²) < 4.78 is 26.7. The second-order valence-corrected chi connectivity index (χ2v) is 5.30. The molecule has 0 radical (unpaired) electrons. The Morgan fingerprint density at radius 2 is 1.46 bits per heavy atom. The Hall–Kier alpha value is -2.13. The van der Waals surface area contributed by atoms with E-state index in [1.54, 1.807) is 6.92 Å². The van der Waals surface area contributed by atoms with Gasteiger partial charge in [-0.1, -0.05) is 6.58 Å². The highest BCUT2D eigenvalue weighted by molar-refractivity contribution is 5.73. The Bertz CT molecular complexity index is 506. The SMILES string of the molecule is C=C(C)O[C@H]1O[C@@H](OC)[C@H](NC(C)=O)[C@@H](OC(C)=O)[C@H]1OC(C)=O. The molecule has 0 aromatic rings. The van der Waals surface area contributed by atoms with Gasteiger partial charge < -0.3 is 29.0 Å². The summed E-state index contributed by atoms with van der Waals surface area (Å²) in [5.74, 6) is -1.36. The molecule has 0 aromatic carbocycles. The molecule has 1 N–H and O–H groups in total. The van der Waals surface area contributed by atoms with E-state index in [2.05, 4.69) is 11.9 Å². The number of esters is 2. The number of carbonyl (C=O) groups is 3. The van der Waals surface area contributed by atoms with Gasteiger partial charge in [-0.05, 0) is 6.92 Å². The maximum absolute atomic E-state index is 11.5. The molecule has 1 heterocycles. The Morgan fingerprint density at radius 3 is 1.88 bits per heavy atom. The van der Waals surface area contributed by atoms with Crippen LogP contribution in [0, 0.1) is 0 Å². The summed E-state index contributed by atoms with van der Waals surface area (Å²) in [6.07, 6.45) is -4.30. The van der Waals surface area contributed by atoms with Gasteiger partial charge in [0.2, 0.25) is 18.3 Å². The lowest BCUT2D eigenvalue weighted by molar-refractivity contribution is -0.317. The first kappa shape index (κ1) is 19.9. The molecule has 1 amide bonds. The zero-order valence-corrected chi connectivity index (χ0v) is 14.4. The molecule has 5 atom stereocenters. The smallest absolute Gasteiger partial charge is 0.303 e. The number of allylic oxidation sites excluding steroid dienone is 1. The highest BCUT2D eigenvalue weighted by Gasteiger charge is 2.51. The molecule has 0 aromatic heterocycles. The molecule has 0 unspecified atom stereocenters. The second-order valence-electron chi connectivity index (χ2n) is 5.30. The second kappa shape index (κ2) is 8.65. The lowest BCUT2D eigenvalue weighted by Gasteiger charge is -2.44. The van der Waals surface area contributed by atoms with Crippen LogP contribution in [0.15, 0.2) is 12.3 Å². The molecular formula is C15H23NO8. The molecule has 1 aliphatic heterocycles. The highest BCUT2D eigenvalue weighted by Crippen LogP contribution is 2.28. The third-order valence-corrected chi connectivity index (χ3v) is 3.03. The highest BCUT2D eigenvalue weighted by atomic mass is 16.8. The number of ether oxygens (including phenoxy) is 5. The molecule has 136 valence electrons.